The second kappa shape index (κ2) is 6.26. The Morgan fingerprint density at radius 3 is 3.00 bits per heavy atom. The highest BCUT2D eigenvalue weighted by molar-refractivity contribution is 7.99. The summed E-state index contributed by atoms with van der Waals surface area (Å²) in [5.74, 6) is 0.957. The number of ketones is 1. The molecular formula is C14H16N4O2S. The van der Waals surface area contributed by atoms with Crippen LogP contribution in [0.4, 0.5) is 0 Å². The van der Waals surface area contributed by atoms with Crippen LogP contribution in [0.15, 0.2) is 29.4 Å². The van der Waals surface area contributed by atoms with E-state index in [1.54, 1.807) is 6.07 Å². The number of aromatic nitrogens is 4. The Labute approximate surface area is 126 Å². The highest BCUT2D eigenvalue weighted by atomic mass is 32.2. The summed E-state index contributed by atoms with van der Waals surface area (Å²) in [4.78, 5) is 12.4. The van der Waals surface area contributed by atoms with E-state index in [9.17, 15) is 4.79 Å². The zero-order valence-electron chi connectivity index (χ0n) is 11.7. The Bertz CT molecular complexity index is 639. The number of benzene rings is 1. The maximum atomic E-state index is 12.4. The summed E-state index contributed by atoms with van der Waals surface area (Å²) >= 11 is 1.37. The molecule has 0 spiro atoms. The molecule has 7 heteroatoms. The van der Waals surface area contributed by atoms with Crippen LogP contribution >= 0.6 is 11.8 Å². The molecule has 0 aliphatic heterocycles. The molecule has 1 aromatic heterocycles. The number of hydrogen-bond donors (Lipinski definition) is 0. The average molecular weight is 304 g/mol. The number of nitrogens with zero attached hydrogens (tertiary/aromatic N) is 4. The van der Waals surface area contributed by atoms with Gasteiger partial charge in [-0.25, -0.2) is 4.68 Å². The summed E-state index contributed by atoms with van der Waals surface area (Å²) in [7, 11) is 0. The average Bonchev–Trinajstić information content (AvgIpc) is 3.24. The Hall–Kier alpha value is -1.89. The highest BCUT2D eigenvalue weighted by Gasteiger charge is 2.28. The van der Waals surface area contributed by atoms with Gasteiger partial charge in [0.25, 0.3) is 0 Å². The van der Waals surface area contributed by atoms with Gasteiger partial charge in [0.15, 0.2) is 5.78 Å². The van der Waals surface area contributed by atoms with Crippen molar-refractivity contribution in [3.63, 3.8) is 0 Å². The smallest absolute Gasteiger partial charge is 0.210 e. The predicted molar refractivity (Wildman–Crippen MR) is 78.8 cm³/mol. The Balaban J connectivity index is 1.67. The maximum Gasteiger partial charge on any atom is 0.210 e. The molecule has 2 aromatic rings. The summed E-state index contributed by atoms with van der Waals surface area (Å²) in [5.41, 5.74) is 0.609. The molecular weight excluding hydrogens is 288 g/mol. The minimum Gasteiger partial charge on any atom is -0.493 e. The number of tetrazole rings is 1. The van der Waals surface area contributed by atoms with Crippen LogP contribution in [0, 0.1) is 0 Å². The standard InChI is InChI=1S/C14H16N4O2S/c1-2-20-13-6-4-3-5-11(13)12(19)9-21-14-15-16-17-18(14)10-7-8-10/h3-6,10H,2,7-9H2,1H3. The lowest BCUT2D eigenvalue weighted by molar-refractivity contribution is 0.101. The fraction of sp³-hybridized carbons (Fsp3) is 0.429. The van der Waals surface area contributed by atoms with Gasteiger partial charge in [-0.05, 0) is 42.3 Å². The lowest BCUT2D eigenvalue weighted by Gasteiger charge is -2.08. The van der Waals surface area contributed by atoms with Crippen molar-refractivity contribution in [2.75, 3.05) is 12.4 Å². The van der Waals surface area contributed by atoms with E-state index < -0.39 is 0 Å². The van der Waals surface area contributed by atoms with Gasteiger partial charge in [0.2, 0.25) is 5.16 Å². The van der Waals surface area contributed by atoms with Gasteiger partial charge in [0, 0.05) is 0 Å². The molecule has 1 fully saturated rings. The second-order valence-electron chi connectivity index (χ2n) is 4.78. The van der Waals surface area contributed by atoms with E-state index in [2.05, 4.69) is 15.5 Å². The number of Topliss-reactive ketones (excluding diaryl/α,β-unsaturated/α-hetero) is 1. The number of ether oxygens (including phenoxy) is 1. The van der Waals surface area contributed by atoms with Gasteiger partial charge in [-0.15, -0.1) is 5.10 Å². The van der Waals surface area contributed by atoms with Gasteiger partial charge >= 0.3 is 0 Å². The first kappa shape index (κ1) is 14.1. The number of carbonyl (C=O) groups excluding carboxylic acids is 1. The summed E-state index contributed by atoms with van der Waals surface area (Å²) in [6, 6.07) is 7.72. The first-order valence-electron chi connectivity index (χ1n) is 6.95. The van der Waals surface area contributed by atoms with Gasteiger partial charge in [0.1, 0.15) is 5.75 Å². The van der Waals surface area contributed by atoms with Crippen molar-refractivity contribution in [1.29, 1.82) is 0 Å². The molecule has 1 aromatic carbocycles. The molecule has 0 saturated heterocycles. The van der Waals surface area contributed by atoms with Gasteiger partial charge < -0.3 is 4.74 Å². The Morgan fingerprint density at radius 1 is 1.43 bits per heavy atom. The summed E-state index contributed by atoms with van der Waals surface area (Å²) in [5, 5.41) is 12.4. The number of para-hydroxylation sites is 1. The molecule has 1 aliphatic rings. The van der Waals surface area contributed by atoms with Gasteiger partial charge in [-0.3, -0.25) is 4.79 Å². The molecule has 0 atom stereocenters. The zero-order chi connectivity index (χ0) is 14.7. The van der Waals surface area contributed by atoms with Crippen LogP contribution in [0.1, 0.15) is 36.2 Å². The molecule has 0 N–H and O–H groups in total. The van der Waals surface area contributed by atoms with E-state index in [1.165, 1.54) is 11.8 Å². The van der Waals surface area contributed by atoms with Crippen LogP contribution in [0.25, 0.3) is 0 Å². The van der Waals surface area contributed by atoms with E-state index in [4.69, 9.17) is 4.74 Å². The van der Waals surface area contributed by atoms with E-state index in [0.29, 0.717) is 34.9 Å². The van der Waals surface area contributed by atoms with Crippen molar-refractivity contribution in [1.82, 2.24) is 20.2 Å². The summed E-state index contributed by atoms with van der Waals surface area (Å²) in [6.45, 7) is 2.44. The fourth-order valence-corrected chi connectivity index (χ4v) is 2.84. The molecule has 0 unspecified atom stereocenters. The minimum absolute atomic E-state index is 0.0226. The van der Waals surface area contributed by atoms with E-state index in [0.717, 1.165) is 12.8 Å². The first-order valence-corrected chi connectivity index (χ1v) is 7.94. The zero-order valence-corrected chi connectivity index (χ0v) is 12.5. The van der Waals surface area contributed by atoms with E-state index in [-0.39, 0.29) is 5.78 Å². The highest BCUT2D eigenvalue weighted by Crippen LogP contribution is 2.36. The Kier molecular flexibility index (Phi) is 4.19. The molecule has 1 saturated carbocycles. The topological polar surface area (TPSA) is 69.9 Å². The van der Waals surface area contributed by atoms with Gasteiger partial charge in [0.05, 0.1) is 24.0 Å². The third-order valence-corrected chi connectivity index (χ3v) is 4.11. The van der Waals surface area contributed by atoms with Gasteiger partial charge in [-0.1, -0.05) is 23.9 Å². The number of hydrogen-bond acceptors (Lipinski definition) is 6. The van der Waals surface area contributed by atoms with E-state index in [1.807, 2.05) is 29.8 Å². The van der Waals surface area contributed by atoms with Crippen molar-refractivity contribution < 1.29 is 9.53 Å². The lowest BCUT2D eigenvalue weighted by atomic mass is 10.1. The van der Waals surface area contributed by atoms with Crippen molar-refractivity contribution in [3.8, 4) is 5.75 Å². The normalized spacial score (nSPS) is 14.1. The lowest BCUT2D eigenvalue weighted by Crippen LogP contribution is -2.07. The fourth-order valence-electron chi connectivity index (χ4n) is 2.01. The molecule has 0 amide bonds. The number of carbonyl (C=O) groups is 1. The van der Waals surface area contributed by atoms with Crippen molar-refractivity contribution in [2.24, 2.45) is 0 Å². The van der Waals surface area contributed by atoms with Crippen LogP contribution in [0.5, 0.6) is 5.75 Å². The maximum absolute atomic E-state index is 12.4. The quantitative estimate of drug-likeness (QED) is 0.578. The van der Waals surface area contributed by atoms with Crippen LogP contribution in [-0.2, 0) is 0 Å². The predicted octanol–water partition coefficient (Wildman–Crippen LogP) is 2.38. The molecule has 0 radical (unpaired) electrons. The minimum atomic E-state index is 0.0226. The van der Waals surface area contributed by atoms with Crippen LogP contribution in [0.2, 0.25) is 0 Å². The SMILES string of the molecule is CCOc1ccccc1C(=O)CSc1nnnn1C1CC1. The third kappa shape index (κ3) is 3.24. The van der Waals surface area contributed by atoms with Crippen LogP contribution in [-0.4, -0.2) is 38.4 Å². The molecule has 110 valence electrons. The summed E-state index contributed by atoms with van der Waals surface area (Å²) < 4.78 is 7.30. The van der Waals surface area contributed by atoms with Crippen molar-refractivity contribution in [2.45, 2.75) is 31.0 Å². The van der Waals surface area contributed by atoms with Crippen LogP contribution in [0.3, 0.4) is 0 Å². The summed E-state index contributed by atoms with van der Waals surface area (Å²) in [6.07, 6.45) is 2.22. The second-order valence-corrected chi connectivity index (χ2v) is 5.72. The molecule has 1 aliphatic carbocycles. The monoisotopic (exact) mass is 304 g/mol. The molecule has 1 heterocycles. The third-order valence-electron chi connectivity index (χ3n) is 3.18. The molecule has 0 bridgehead atoms. The molecule has 6 nitrogen and oxygen atoms in total. The largest absolute Gasteiger partial charge is 0.493 e. The van der Waals surface area contributed by atoms with Crippen LogP contribution < -0.4 is 4.74 Å². The molecule has 3 rings (SSSR count). The number of thioether (sulfide) groups is 1. The molecule has 21 heavy (non-hydrogen) atoms. The van der Waals surface area contributed by atoms with Gasteiger partial charge in [-0.2, -0.15) is 0 Å². The van der Waals surface area contributed by atoms with E-state index >= 15 is 0 Å². The Morgan fingerprint density at radius 2 is 2.24 bits per heavy atom. The van der Waals surface area contributed by atoms with Crippen molar-refractivity contribution >= 4 is 17.5 Å². The first-order chi connectivity index (χ1) is 10.3. The number of rotatable bonds is 7. The van der Waals surface area contributed by atoms with Crippen molar-refractivity contribution in [3.05, 3.63) is 29.8 Å².